The predicted molar refractivity (Wildman–Crippen MR) is 138 cm³/mol. The predicted octanol–water partition coefficient (Wildman–Crippen LogP) is 4.40. The van der Waals surface area contributed by atoms with Gasteiger partial charge in [0.2, 0.25) is 0 Å². The van der Waals surface area contributed by atoms with Gasteiger partial charge in [0, 0.05) is 35.0 Å². The molecule has 0 saturated carbocycles. The smallest absolute Gasteiger partial charge is 0.173 e. The number of hydrogen-bond acceptors (Lipinski definition) is 4. The molecule has 0 aromatic heterocycles. The molecule has 3 aromatic rings. The number of hydrogen-bond donors (Lipinski definition) is 0. The minimum Gasteiger partial charge on any atom is -0.495 e. The van der Waals surface area contributed by atoms with Crippen molar-refractivity contribution in [3.8, 4) is 5.75 Å². The normalized spacial score (nSPS) is 19.5. The molecule has 2 fully saturated rings. The second kappa shape index (κ2) is 9.75. The van der Waals surface area contributed by atoms with Crippen molar-refractivity contribution >= 4 is 28.7 Å². The summed E-state index contributed by atoms with van der Waals surface area (Å²) in [6.07, 6.45) is 4.97. The summed E-state index contributed by atoms with van der Waals surface area (Å²) in [5, 5.41) is 2.60. The summed E-state index contributed by atoms with van der Waals surface area (Å²) in [6.45, 7) is 4.31. The van der Waals surface area contributed by atoms with E-state index in [4.69, 9.17) is 4.74 Å². The quantitative estimate of drug-likeness (QED) is 0.511. The molecule has 4 nitrogen and oxygen atoms in total. The van der Waals surface area contributed by atoms with E-state index in [-0.39, 0.29) is 0 Å². The van der Waals surface area contributed by atoms with Crippen LogP contribution in [0, 0.1) is 0 Å². The third-order valence-electron chi connectivity index (χ3n) is 7.15. The van der Waals surface area contributed by atoms with Crippen molar-refractivity contribution in [2.24, 2.45) is 0 Å². The van der Waals surface area contributed by atoms with Crippen LogP contribution in [0.2, 0.25) is 0 Å². The van der Waals surface area contributed by atoms with Gasteiger partial charge >= 0.3 is 0 Å². The summed E-state index contributed by atoms with van der Waals surface area (Å²) in [4.78, 5) is 5.09. The van der Waals surface area contributed by atoms with Crippen LogP contribution in [0.15, 0.2) is 78.9 Å². The van der Waals surface area contributed by atoms with Crippen molar-refractivity contribution in [2.45, 2.75) is 31.7 Å². The highest BCUT2D eigenvalue weighted by Crippen LogP contribution is 2.47. The van der Waals surface area contributed by atoms with Crippen LogP contribution >= 0.6 is 7.14 Å². The Bertz CT molecular complexity index is 1070. The molecule has 0 bridgehead atoms. The van der Waals surface area contributed by atoms with E-state index in [1.165, 1.54) is 32.4 Å². The molecule has 0 radical (unpaired) electrons. The Morgan fingerprint density at radius 1 is 0.788 bits per heavy atom. The molecule has 2 heterocycles. The van der Waals surface area contributed by atoms with Crippen LogP contribution in [0.4, 0.5) is 5.69 Å². The molecule has 0 aliphatic carbocycles. The molecule has 0 N–H and O–H groups in total. The highest BCUT2D eigenvalue weighted by atomic mass is 31.2. The number of methoxy groups -OCH3 is 1. The Balaban J connectivity index is 1.65. The number of likely N-dealkylation sites (tertiary alicyclic amines) is 1. The second-order valence-corrected chi connectivity index (χ2v) is 11.8. The highest BCUT2D eigenvalue weighted by molar-refractivity contribution is 7.85. The Morgan fingerprint density at radius 3 is 2.03 bits per heavy atom. The summed E-state index contributed by atoms with van der Waals surface area (Å²) in [7, 11) is -1.38. The summed E-state index contributed by atoms with van der Waals surface area (Å²) >= 11 is 0. The van der Waals surface area contributed by atoms with Crippen LogP contribution < -0.4 is 25.6 Å². The fourth-order valence-electron chi connectivity index (χ4n) is 5.51. The summed E-state index contributed by atoms with van der Waals surface area (Å²) in [6, 6.07) is 26.5. The van der Waals surface area contributed by atoms with Crippen LogP contribution in [0.1, 0.15) is 25.7 Å². The van der Waals surface area contributed by atoms with Crippen LogP contribution in [0.5, 0.6) is 5.75 Å². The monoisotopic (exact) mass is 460 g/mol. The molecule has 1 atom stereocenters. The first-order chi connectivity index (χ1) is 16.2. The molecule has 0 amide bonds. The molecule has 0 spiro atoms. The molecular formula is C28H33N2O2P. The van der Waals surface area contributed by atoms with E-state index in [0.29, 0.717) is 6.04 Å². The zero-order chi connectivity index (χ0) is 22.7. The molecule has 5 heteroatoms. The maximum absolute atomic E-state index is 15.2. The molecule has 33 heavy (non-hydrogen) atoms. The standard InChI is InChI=1S/C28H33N2O2P/c1-32-26-17-10-18-27(28(26)30-21-11-12-23(22-30)29-19-8-9-20-29)33(31,24-13-4-2-5-14-24)25-15-6-3-7-16-25/h2-7,10,13-18,23H,8-9,11-12,19-22H2,1H3/t23-/m1/s1. The number of para-hydroxylation sites is 1. The molecule has 3 aromatic carbocycles. The van der Waals surface area contributed by atoms with Crippen LogP contribution in [-0.2, 0) is 4.57 Å². The van der Waals surface area contributed by atoms with Gasteiger partial charge in [-0.15, -0.1) is 0 Å². The van der Waals surface area contributed by atoms with Crippen LogP contribution in [-0.4, -0.2) is 44.2 Å². The molecule has 2 saturated heterocycles. The van der Waals surface area contributed by atoms with E-state index < -0.39 is 7.14 Å². The summed E-state index contributed by atoms with van der Waals surface area (Å²) < 4.78 is 21.1. The molecule has 2 aliphatic rings. The number of benzene rings is 3. The SMILES string of the molecule is COc1cccc(P(=O)(c2ccccc2)c2ccccc2)c1N1CCC[C@@H](N2CCCC2)C1. The number of piperidine rings is 1. The average Bonchev–Trinajstić information content (AvgIpc) is 3.44. The Morgan fingerprint density at radius 2 is 1.42 bits per heavy atom. The maximum Gasteiger partial charge on any atom is 0.173 e. The van der Waals surface area contributed by atoms with Crippen molar-refractivity contribution in [1.82, 2.24) is 4.90 Å². The van der Waals surface area contributed by atoms with Gasteiger partial charge in [0.15, 0.2) is 7.14 Å². The van der Waals surface area contributed by atoms with E-state index in [9.17, 15) is 0 Å². The van der Waals surface area contributed by atoms with Gasteiger partial charge in [0.25, 0.3) is 0 Å². The first-order valence-corrected chi connectivity index (χ1v) is 13.8. The lowest BCUT2D eigenvalue weighted by Gasteiger charge is -2.40. The van der Waals surface area contributed by atoms with Crippen LogP contribution in [0.3, 0.4) is 0 Å². The van der Waals surface area contributed by atoms with Gasteiger partial charge in [0.1, 0.15) is 5.75 Å². The van der Waals surface area contributed by atoms with Gasteiger partial charge in [-0.3, -0.25) is 4.90 Å². The van der Waals surface area contributed by atoms with Crippen molar-refractivity contribution in [1.29, 1.82) is 0 Å². The minimum atomic E-state index is -3.10. The topological polar surface area (TPSA) is 32.8 Å². The fraction of sp³-hybridized carbons (Fsp3) is 0.357. The van der Waals surface area contributed by atoms with Gasteiger partial charge < -0.3 is 14.2 Å². The van der Waals surface area contributed by atoms with Crippen molar-refractivity contribution in [3.05, 3.63) is 78.9 Å². The third kappa shape index (κ3) is 4.23. The molecule has 2 aliphatic heterocycles. The Labute approximate surface area is 197 Å². The van der Waals surface area contributed by atoms with Crippen molar-refractivity contribution < 1.29 is 9.30 Å². The lowest BCUT2D eigenvalue weighted by Crippen LogP contribution is -2.48. The van der Waals surface area contributed by atoms with Gasteiger partial charge in [-0.2, -0.15) is 0 Å². The lowest BCUT2D eigenvalue weighted by atomic mass is 10.0. The number of ether oxygens (including phenoxy) is 1. The van der Waals surface area contributed by atoms with E-state index >= 15 is 4.57 Å². The van der Waals surface area contributed by atoms with Gasteiger partial charge in [-0.25, -0.2) is 0 Å². The molecular weight excluding hydrogens is 427 g/mol. The first kappa shape index (κ1) is 22.3. The Hall–Kier alpha value is -2.55. The largest absolute Gasteiger partial charge is 0.495 e. The maximum atomic E-state index is 15.2. The van der Waals surface area contributed by atoms with E-state index in [2.05, 4.69) is 15.9 Å². The highest BCUT2D eigenvalue weighted by Gasteiger charge is 2.36. The summed E-state index contributed by atoms with van der Waals surface area (Å²) in [5.74, 6) is 0.807. The molecule has 5 rings (SSSR count). The fourth-order valence-corrected chi connectivity index (χ4v) is 8.40. The van der Waals surface area contributed by atoms with E-state index in [0.717, 1.165) is 46.9 Å². The van der Waals surface area contributed by atoms with Gasteiger partial charge in [-0.05, 0) is 50.9 Å². The number of anilines is 1. The van der Waals surface area contributed by atoms with Crippen molar-refractivity contribution in [3.63, 3.8) is 0 Å². The zero-order valence-electron chi connectivity index (χ0n) is 19.4. The summed E-state index contributed by atoms with van der Waals surface area (Å²) in [5.41, 5.74) is 1.000. The third-order valence-corrected chi connectivity index (χ3v) is 10.2. The van der Waals surface area contributed by atoms with E-state index in [1.54, 1.807) is 7.11 Å². The van der Waals surface area contributed by atoms with E-state index in [1.807, 2.05) is 72.8 Å². The Kier molecular flexibility index (Phi) is 6.57. The molecule has 0 unspecified atom stereocenters. The first-order valence-electron chi connectivity index (χ1n) is 12.1. The molecule has 172 valence electrons. The number of nitrogens with zero attached hydrogens (tertiary/aromatic N) is 2. The minimum absolute atomic E-state index is 0.548. The average molecular weight is 461 g/mol. The lowest BCUT2D eigenvalue weighted by molar-refractivity contribution is 0.215. The zero-order valence-corrected chi connectivity index (χ0v) is 20.3. The van der Waals surface area contributed by atoms with Crippen molar-refractivity contribution in [2.75, 3.05) is 38.2 Å². The van der Waals surface area contributed by atoms with Crippen LogP contribution in [0.25, 0.3) is 0 Å². The van der Waals surface area contributed by atoms with Gasteiger partial charge in [-0.1, -0.05) is 66.7 Å². The second-order valence-electron chi connectivity index (χ2n) is 9.09. The van der Waals surface area contributed by atoms with Gasteiger partial charge in [0.05, 0.1) is 12.8 Å². The number of rotatable bonds is 6.